The predicted octanol–water partition coefficient (Wildman–Crippen LogP) is 3.37. The molecule has 0 aromatic heterocycles. The first-order valence-electron chi connectivity index (χ1n) is 7.23. The first-order chi connectivity index (χ1) is 9.11. The van der Waals surface area contributed by atoms with Crippen LogP contribution in [0.3, 0.4) is 0 Å². The fourth-order valence-electron chi connectivity index (χ4n) is 2.87. The van der Waals surface area contributed by atoms with E-state index in [0.29, 0.717) is 17.3 Å². The van der Waals surface area contributed by atoms with Crippen LogP contribution >= 0.6 is 0 Å². The van der Waals surface area contributed by atoms with Gasteiger partial charge in [0.15, 0.2) is 0 Å². The van der Waals surface area contributed by atoms with Gasteiger partial charge in [-0.3, -0.25) is 4.79 Å². The molecule has 1 amide bonds. The van der Waals surface area contributed by atoms with Gasteiger partial charge in [-0.1, -0.05) is 37.8 Å². The third-order valence-corrected chi connectivity index (χ3v) is 4.25. The molecule has 19 heavy (non-hydrogen) atoms. The summed E-state index contributed by atoms with van der Waals surface area (Å²) in [6, 6.07) is 6.05. The quantitative estimate of drug-likeness (QED) is 0.654. The van der Waals surface area contributed by atoms with E-state index in [2.05, 4.69) is 0 Å². The van der Waals surface area contributed by atoms with Crippen LogP contribution in [0.1, 0.15) is 54.4 Å². The lowest BCUT2D eigenvalue weighted by atomic mass is 10.0. The second kappa shape index (κ2) is 6.09. The largest absolute Gasteiger partial charge is 0.398 e. The molecule has 3 nitrogen and oxygen atoms in total. The number of amides is 1. The normalized spacial score (nSPS) is 16.9. The third kappa shape index (κ3) is 3.09. The third-order valence-electron chi connectivity index (χ3n) is 4.25. The molecule has 2 N–H and O–H groups in total. The summed E-state index contributed by atoms with van der Waals surface area (Å²) in [5, 5.41) is 0. The van der Waals surface area contributed by atoms with E-state index in [0.717, 1.165) is 18.4 Å². The van der Waals surface area contributed by atoms with Crippen LogP contribution in [0.2, 0.25) is 0 Å². The molecule has 104 valence electrons. The topological polar surface area (TPSA) is 46.3 Å². The molecule has 0 aliphatic heterocycles. The maximum Gasteiger partial charge on any atom is 0.255 e. The van der Waals surface area contributed by atoms with Crippen LogP contribution in [0.4, 0.5) is 5.69 Å². The highest BCUT2D eigenvalue weighted by Crippen LogP contribution is 2.24. The van der Waals surface area contributed by atoms with Crippen molar-refractivity contribution >= 4 is 11.6 Å². The highest BCUT2D eigenvalue weighted by molar-refractivity contribution is 5.99. The molecule has 1 aromatic rings. The summed E-state index contributed by atoms with van der Waals surface area (Å²) in [5.74, 6) is 0.0631. The Morgan fingerprint density at radius 3 is 2.47 bits per heavy atom. The summed E-state index contributed by atoms with van der Waals surface area (Å²) in [6.45, 7) is 1.94. The van der Waals surface area contributed by atoms with E-state index in [-0.39, 0.29) is 5.91 Å². The summed E-state index contributed by atoms with van der Waals surface area (Å²) in [5.41, 5.74) is 8.27. The molecule has 1 saturated carbocycles. The lowest BCUT2D eigenvalue weighted by Gasteiger charge is -2.28. The number of rotatable bonds is 2. The maximum absolute atomic E-state index is 12.6. The van der Waals surface area contributed by atoms with Gasteiger partial charge in [0.1, 0.15) is 0 Å². The second-order valence-electron chi connectivity index (χ2n) is 5.60. The SMILES string of the molecule is Cc1cccc(C(=O)N(C)C2CCCCCC2)c1N. The molecule has 2 rings (SSSR count). The predicted molar refractivity (Wildman–Crippen MR) is 79.2 cm³/mol. The van der Waals surface area contributed by atoms with Crippen LogP contribution in [-0.2, 0) is 0 Å². The lowest BCUT2D eigenvalue weighted by molar-refractivity contribution is 0.0718. The van der Waals surface area contributed by atoms with Crippen molar-refractivity contribution in [2.45, 2.75) is 51.5 Å². The fourth-order valence-corrected chi connectivity index (χ4v) is 2.87. The number of benzene rings is 1. The van der Waals surface area contributed by atoms with Gasteiger partial charge in [-0.05, 0) is 31.4 Å². The van der Waals surface area contributed by atoms with Crippen LogP contribution in [0.25, 0.3) is 0 Å². The molecule has 0 saturated heterocycles. The first kappa shape index (κ1) is 13.9. The molecular weight excluding hydrogens is 236 g/mol. The average Bonchev–Trinajstić information content (AvgIpc) is 2.69. The molecule has 0 bridgehead atoms. The van der Waals surface area contributed by atoms with E-state index < -0.39 is 0 Å². The van der Waals surface area contributed by atoms with Crippen molar-refractivity contribution in [3.63, 3.8) is 0 Å². The van der Waals surface area contributed by atoms with Crippen molar-refractivity contribution in [1.82, 2.24) is 4.90 Å². The van der Waals surface area contributed by atoms with Crippen LogP contribution in [-0.4, -0.2) is 23.9 Å². The van der Waals surface area contributed by atoms with Crippen LogP contribution < -0.4 is 5.73 Å². The van der Waals surface area contributed by atoms with E-state index in [1.165, 1.54) is 25.7 Å². The number of carbonyl (C=O) groups is 1. The molecule has 3 heteroatoms. The second-order valence-corrected chi connectivity index (χ2v) is 5.60. The Kier molecular flexibility index (Phi) is 4.46. The number of para-hydroxylation sites is 1. The summed E-state index contributed by atoms with van der Waals surface area (Å²) in [4.78, 5) is 14.5. The summed E-state index contributed by atoms with van der Waals surface area (Å²) in [7, 11) is 1.92. The number of nitrogens with zero attached hydrogens (tertiary/aromatic N) is 1. The van der Waals surface area contributed by atoms with Crippen molar-refractivity contribution in [3.8, 4) is 0 Å². The minimum atomic E-state index is 0.0631. The molecule has 1 aromatic carbocycles. The summed E-state index contributed by atoms with van der Waals surface area (Å²) < 4.78 is 0. The molecule has 1 aliphatic carbocycles. The molecule has 0 unspecified atom stereocenters. The van der Waals surface area contributed by atoms with Crippen LogP contribution in [0, 0.1) is 6.92 Å². The number of hydrogen-bond acceptors (Lipinski definition) is 2. The zero-order valence-corrected chi connectivity index (χ0v) is 12.0. The first-order valence-corrected chi connectivity index (χ1v) is 7.23. The number of anilines is 1. The molecule has 0 atom stereocenters. The summed E-state index contributed by atoms with van der Waals surface area (Å²) >= 11 is 0. The van der Waals surface area contributed by atoms with Gasteiger partial charge in [0, 0.05) is 18.8 Å². The average molecular weight is 260 g/mol. The number of hydrogen-bond donors (Lipinski definition) is 1. The minimum absolute atomic E-state index is 0.0631. The monoisotopic (exact) mass is 260 g/mol. The number of nitrogen functional groups attached to an aromatic ring is 1. The zero-order chi connectivity index (χ0) is 13.8. The van der Waals surface area contributed by atoms with Crippen LogP contribution in [0.5, 0.6) is 0 Å². The number of carbonyl (C=O) groups excluding carboxylic acids is 1. The van der Waals surface area contributed by atoms with Crippen molar-refractivity contribution in [3.05, 3.63) is 29.3 Å². The Labute approximate surface area is 115 Å². The van der Waals surface area contributed by atoms with Gasteiger partial charge in [0.05, 0.1) is 5.56 Å². The fraction of sp³-hybridized carbons (Fsp3) is 0.562. The lowest BCUT2D eigenvalue weighted by Crippen LogP contribution is -2.37. The standard InChI is InChI=1S/C16H24N2O/c1-12-8-7-11-14(15(12)17)16(19)18(2)13-9-5-3-4-6-10-13/h7-8,11,13H,3-6,9-10,17H2,1-2H3. The Morgan fingerprint density at radius 1 is 1.21 bits per heavy atom. The number of nitrogens with two attached hydrogens (primary N) is 1. The molecule has 0 radical (unpaired) electrons. The molecule has 1 fully saturated rings. The van der Waals surface area contributed by atoms with Crippen molar-refractivity contribution < 1.29 is 4.79 Å². The van der Waals surface area contributed by atoms with Crippen molar-refractivity contribution in [1.29, 1.82) is 0 Å². The van der Waals surface area contributed by atoms with E-state index in [4.69, 9.17) is 5.73 Å². The van der Waals surface area contributed by atoms with Crippen LogP contribution in [0.15, 0.2) is 18.2 Å². The van der Waals surface area contributed by atoms with Gasteiger partial charge in [0.25, 0.3) is 5.91 Å². The molecule has 0 heterocycles. The van der Waals surface area contributed by atoms with E-state index in [1.54, 1.807) is 0 Å². The Bertz CT molecular complexity index is 448. The van der Waals surface area contributed by atoms with E-state index in [9.17, 15) is 4.79 Å². The van der Waals surface area contributed by atoms with Gasteiger partial charge >= 0.3 is 0 Å². The van der Waals surface area contributed by atoms with Gasteiger partial charge in [-0.25, -0.2) is 0 Å². The molecule has 0 spiro atoms. The van der Waals surface area contributed by atoms with Gasteiger partial charge in [0.2, 0.25) is 0 Å². The van der Waals surface area contributed by atoms with Gasteiger partial charge < -0.3 is 10.6 Å². The van der Waals surface area contributed by atoms with E-state index >= 15 is 0 Å². The zero-order valence-electron chi connectivity index (χ0n) is 12.0. The Morgan fingerprint density at radius 2 is 1.84 bits per heavy atom. The summed E-state index contributed by atoms with van der Waals surface area (Å²) in [6.07, 6.45) is 7.29. The minimum Gasteiger partial charge on any atom is -0.398 e. The smallest absolute Gasteiger partial charge is 0.255 e. The number of aryl methyl sites for hydroxylation is 1. The van der Waals surface area contributed by atoms with Gasteiger partial charge in [-0.2, -0.15) is 0 Å². The Balaban J connectivity index is 2.15. The Hall–Kier alpha value is -1.51. The molecular formula is C16H24N2O. The maximum atomic E-state index is 12.6. The highest BCUT2D eigenvalue weighted by atomic mass is 16.2. The van der Waals surface area contributed by atoms with E-state index in [1.807, 2.05) is 37.1 Å². The highest BCUT2D eigenvalue weighted by Gasteiger charge is 2.23. The van der Waals surface area contributed by atoms with Crippen molar-refractivity contribution in [2.75, 3.05) is 12.8 Å². The van der Waals surface area contributed by atoms with Crippen molar-refractivity contribution in [2.24, 2.45) is 0 Å². The van der Waals surface area contributed by atoms with Gasteiger partial charge in [-0.15, -0.1) is 0 Å². The molecule has 1 aliphatic rings.